The maximum atomic E-state index is 14.4. The van der Waals surface area contributed by atoms with Gasteiger partial charge in [-0.25, -0.2) is 4.79 Å². The van der Waals surface area contributed by atoms with E-state index < -0.39 is 59.7 Å². The zero-order valence-corrected chi connectivity index (χ0v) is 32.4. The Morgan fingerprint density at radius 2 is 1.02 bits per heavy atom. The molecule has 7 rings (SSSR count). The number of nitrogens with one attached hydrogen (secondary N) is 5. The molecule has 12 heteroatoms. The van der Waals surface area contributed by atoms with Crippen LogP contribution in [-0.4, -0.2) is 71.3 Å². The highest BCUT2D eigenvalue weighted by molar-refractivity contribution is 5.96. The van der Waals surface area contributed by atoms with Crippen LogP contribution >= 0.6 is 0 Å². The Balaban J connectivity index is 1.33. The van der Waals surface area contributed by atoms with E-state index in [1.807, 2.05) is 91.0 Å². The SMILES string of the molecule is O=C1CCNC(=O)c2ccc(cc2)C[C@@H](C(=O)O)NC(=O)[C@H](Cc2ccccc2)NC(=O)[C@H](Cc2ccc(-c3ccccc3)cc2)NC(=O)[C@@H](CCc2ccccc2)N1. The molecule has 0 saturated heterocycles. The van der Waals surface area contributed by atoms with Crippen LogP contribution in [0.15, 0.2) is 140 Å². The van der Waals surface area contributed by atoms with E-state index in [0.29, 0.717) is 23.1 Å². The molecule has 6 N–H and O–H groups in total. The topological polar surface area (TPSA) is 183 Å². The molecule has 5 amide bonds. The third-order valence-corrected chi connectivity index (χ3v) is 10.2. The summed E-state index contributed by atoms with van der Waals surface area (Å²) in [6.45, 7) is -0.0145. The molecule has 2 aliphatic rings. The predicted molar refractivity (Wildman–Crippen MR) is 223 cm³/mol. The van der Waals surface area contributed by atoms with Gasteiger partial charge in [0.05, 0.1) is 0 Å². The Labute approximate surface area is 342 Å². The van der Waals surface area contributed by atoms with Gasteiger partial charge in [-0.2, -0.15) is 0 Å². The van der Waals surface area contributed by atoms with Gasteiger partial charge < -0.3 is 31.7 Å². The van der Waals surface area contributed by atoms with E-state index in [0.717, 1.165) is 22.3 Å². The van der Waals surface area contributed by atoms with Gasteiger partial charge in [-0.15, -0.1) is 0 Å². The molecular formula is C47H47N5O7. The van der Waals surface area contributed by atoms with E-state index in [4.69, 9.17) is 0 Å². The van der Waals surface area contributed by atoms with E-state index >= 15 is 0 Å². The van der Waals surface area contributed by atoms with Gasteiger partial charge in [-0.05, 0) is 58.4 Å². The molecule has 0 aromatic heterocycles. The van der Waals surface area contributed by atoms with Crippen LogP contribution in [0.2, 0.25) is 0 Å². The lowest BCUT2D eigenvalue weighted by molar-refractivity contribution is -0.142. The monoisotopic (exact) mass is 793 g/mol. The molecule has 0 spiro atoms. The largest absolute Gasteiger partial charge is 0.480 e. The third kappa shape index (κ3) is 12.2. The molecule has 5 aromatic rings. The number of aryl methyl sites for hydroxylation is 1. The van der Waals surface area contributed by atoms with E-state index in [9.17, 15) is 33.9 Å². The number of rotatable bonds is 9. The second kappa shape index (κ2) is 20.4. The molecule has 59 heavy (non-hydrogen) atoms. The lowest BCUT2D eigenvalue weighted by atomic mass is 9.98. The number of carboxylic acid groups (broad SMARTS) is 1. The zero-order chi connectivity index (χ0) is 41.6. The minimum Gasteiger partial charge on any atom is -0.480 e. The Kier molecular flexibility index (Phi) is 14.3. The summed E-state index contributed by atoms with van der Waals surface area (Å²) in [5.74, 6) is -4.22. The minimum atomic E-state index is -1.37. The predicted octanol–water partition coefficient (Wildman–Crippen LogP) is 4.17. The molecule has 12 nitrogen and oxygen atoms in total. The highest BCUT2D eigenvalue weighted by atomic mass is 16.4. The molecule has 0 fully saturated rings. The first kappa shape index (κ1) is 41.6. The van der Waals surface area contributed by atoms with Crippen molar-refractivity contribution >= 4 is 35.5 Å². The first-order valence-electron chi connectivity index (χ1n) is 19.6. The van der Waals surface area contributed by atoms with E-state index in [1.54, 1.807) is 36.4 Å². The maximum Gasteiger partial charge on any atom is 0.326 e. The number of fused-ring (bicyclic) bond motifs is 18. The summed E-state index contributed by atoms with van der Waals surface area (Å²) in [6, 6.07) is 37.2. The van der Waals surface area contributed by atoms with Gasteiger partial charge >= 0.3 is 5.97 Å². The summed E-state index contributed by atoms with van der Waals surface area (Å²) in [4.78, 5) is 81.4. The number of amides is 5. The normalized spacial score (nSPS) is 19.6. The van der Waals surface area contributed by atoms with Gasteiger partial charge in [0.1, 0.15) is 24.2 Å². The Hall–Kier alpha value is -7.08. The lowest BCUT2D eigenvalue weighted by Crippen LogP contribution is -2.59. The Morgan fingerprint density at radius 3 is 1.61 bits per heavy atom. The molecule has 0 radical (unpaired) electrons. The van der Waals surface area contributed by atoms with Crippen molar-refractivity contribution in [2.45, 2.75) is 62.7 Å². The number of carbonyl (C=O) groups is 6. The van der Waals surface area contributed by atoms with Crippen molar-refractivity contribution in [3.8, 4) is 11.1 Å². The van der Waals surface area contributed by atoms with Crippen molar-refractivity contribution in [3.05, 3.63) is 167 Å². The van der Waals surface area contributed by atoms with Crippen LogP contribution in [0.4, 0.5) is 0 Å². The summed E-state index contributed by atoms with van der Waals surface area (Å²) in [5.41, 5.74) is 5.17. The second-order valence-electron chi connectivity index (χ2n) is 14.5. The average Bonchev–Trinajstić information content (AvgIpc) is 3.25. The average molecular weight is 794 g/mol. The molecule has 0 unspecified atom stereocenters. The number of aliphatic carboxylic acids is 1. The fourth-order valence-electron chi connectivity index (χ4n) is 6.90. The van der Waals surface area contributed by atoms with Crippen LogP contribution in [0, 0.1) is 0 Å². The Bertz CT molecular complexity index is 2220. The number of hydrogen-bond acceptors (Lipinski definition) is 6. The highest BCUT2D eigenvalue weighted by Crippen LogP contribution is 2.20. The number of hydrogen-bond donors (Lipinski definition) is 6. The van der Waals surface area contributed by atoms with Crippen molar-refractivity contribution in [3.63, 3.8) is 0 Å². The molecule has 0 saturated carbocycles. The lowest BCUT2D eigenvalue weighted by Gasteiger charge is -2.26. The summed E-state index contributed by atoms with van der Waals surface area (Å²) in [5, 5.41) is 24.0. The molecule has 5 aromatic carbocycles. The molecule has 2 aliphatic heterocycles. The van der Waals surface area contributed by atoms with Crippen LogP contribution in [0.25, 0.3) is 11.1 Å². The number of carbonyl (C=O) groups excluding carboxylic acids is 5. The molecule has 4 atom stereocenters. The van der Waals surface area contributed by atoms with Crippen molar-refractivity contribution in [2.75, 3.05) is 6.54 Å². The molecule has 0 aliphatic carbocycles. The fourth-order valence-corrected chi connectivity index (χ4v) is 6.90. The zero-order valence-electron chi connectivity index (χ0n) is 32.4. The summed E-state index contributed by atoms with van der Waals surface area (Å²) >= 11 is 0. The second-order valence-corrected chi connectivity index (χ2v) is 14.5. The summed E-state index contributed by atoms with van der Waals surface area (Å²) in [6.07, 6.45) is 0.481. The molecule has 2 bridgehead atoms. The number of carboxylic acids is 1. The van der Waals surface area contributed by atoms with Gasteiger partial charge in [0.15, 0.2) is 0 Å². The molecular weight excluding hydrogens is 747 g/mol. The summed E-state index contributed by atoms with van der Waals surface area (Å²) in [7, 11) is 0. The van der Waals surface area contributed by atoms with Crippen LogP contribution in [0.1, 0.15) is 45.5 Å². The van der Waals surface area contributed by atoms with Gasteiger partial charge in [0.25, 0.3) is 5.91 Å². The van der Waals surface area contributed by atoms with E-state index in [1.165, 1.54) is 12.1 Å². The van der Waals surface area contributed by atoms with Gasteiger partial charge in [-0.1, -0.05) is 127 Å². The molecule has 302 valence electrons. The summed E-state index contributed by atoms with van der Waals surface area (Å²) < 4.78 is 0. The highest BCUT2D eigenvalue weighted by Gasteiger charge is 2.32. The van der Waals surface area contributed by atoms with Crippen LogP contribution in [0.5, 0.6) is 0 Å². The van der Waals surface area contributed by atoms with Crippen LogP contribution in [0.3, 0.4) is 0 Å². The van der Waals surface area contributed by atoms with E-state index in [2.05, 4.69) is 26.6 Å². The van der Waals surface area contributed by atoms with Gasteiger partial charge in [0.2, 0.25) is 23.6 Å². The van der Waals surface area contributed by atoms with E-state index in [-0.39, 0.29) is 38.6 Å². The van der Waals surface area contributed by atoms with Gasteiger partial charge in [0, 0.05) is 37.8 Å². The van der Waals surface area contributed by atoms with Crippen LogP contribution in [-0.2, 0) is 49.7 Å². The number of benzene rings is 5. The standard InChI is InChI=1S/C47H47N5O7/c53-42-26-27-48-43(54)37-23-18-34(19-24-37)30-41(47(58)59)52-46(57)39(28-32-12-6-2-7-13-32)51-45(56)40(29-33-16-21-36(22-17-33)35-14-8-3-9-15-35)50-44(55)38(49-42)25-20-31-10-4-1-5-11-31/h1-19,21-24,38-41H,20,25-30H2,(H,48,54)(H,49,53)(H,50,55)(H,51,56)(H,52,57)(H,58,59)/t38-,39+,40+,41+/m1/s1. The smallest absolute Gasteiger partial charge is 0.326 e. The minimum absolute atomic E-state index is 0.0145. The van der Waals surface area contributed by atoms with Crippen molar-refractivity contribution < 1.29 is 33.9 Å². The van der Waals surface area contributed by atoms with Crippen molar-refractivity contribution in [2.24, 2.45) is 0 Å². The maximum absolute atomic E-state index is 14.4. The third-order valence-electron chi connectivity index (χ3n) is 10.2. The van der Waals surface area contributed by atoms with Gasteiger partial charge in [-0.3, -0.25) is 24.0 Å². The first-order valence-corrected chi connectivity index (χ1v) is 19.6. The quantitative estimate of drug-likeness (QED) is 0.121. The van der Waals surface area contributed by atoms with Crippen molar-refractivity contribution in [1.82, 2.24) is 26.6 Å². The van der Waals surface area contributed by atoms with Crippen molar-refractivity contribution in [1.29, 1.82) is 0 Å². The fraction of sp³-hybridized carbons (Fsp3) is 0.234. The Morgan fingerprint density at radius 1 is 0.525 bits per heavy atom. The first-order chi connectivity index (χ1) is 28.6. The van der Waals surface area contributed by atoms with Crippen LogP contribution < -0.4 is 26.6 Å². The molecule has 2 heterocycles.